The highest BCUT2D eigenvalue weighted by atomic mass is 16.6. The van der Waals surface area contributed by atoms with Gasteiger partial charge in [0.05, 0.1) is 4.92 Å². The summed E-state index contributed by atoms with van der Waals surface area (Å²) in [4.78, 5) is 20.6. The van der Waals surface area contributed by atoms with E-state index >= 15 is 0 Å². The number of rotatable bonds is 5. The Hall–Kier alpha value is -1.96. The van der Waals surface area contributed by atoms with Crippen molar-refractivity contribution in [2.75, 3.05) is 23.4 Å². The standard InChI is InChI=1S/C12H20N6O2/c1-3-12(4-2)5-6-17(8-12)10-9(18(19)20)7-14-11(15-10)16-13/h7H,3-6,8,13H2,1-2H3,(H,14,15,16). The number of nitrogens with two attached hydrogens (primary N) is 1. The van der Waals surface area contributed by atoms with Crippen LogP contribution in [-0.2, 0) is 0 Å². The van der Waals surface area contributed by atoms with E-state index in [2.05, 4.69) is 29.2 Å². The normalized spacial score (nSPS) is 17.2. The molecule has 0 bridgehead atoms. The van der Waals surface area contributed by atoms with Gasteiger partial charge < -0.3 is 4.90 Å². The van der Waals surface area contributed by atoms with E-state index < -0.39 is 4.92 Å². The second-order valence-electron chi connectivity index (χ2n) is 5.18. The Bertz CT molecular complexity index is 503. The third-order valence-corrected chi connectivity index (χ3v) is 4.31. The Balaban J connectivity index is 2.35. The van der Waals surface area contributed by atoms with Crippen molar-refractivity contribution in [3.63, 3.8) is 0 Å². The van der Waals surface area contributed by atoms with Crippen LogP contribution in [0.3, 0.4) is 0 Å². The largest absolute Gasteiger partial charge is 0.350 e. The zero-order chi connectivity index (χ0) is 14.8. The maximum Gasteiger partial charge on any atom is 0.329 e. The summed E-state index contributed by atoms with van der Waals surface area (Å²) in [6.45, 7) is 5.87. The smallest absolute Gasteiger partial charge is 0.329 e. The lowest BCUT2D eigenvalue weighted by Crippen LogP contribution is -2.27. The number of hydrazine groups is 1. The predicted molar refractivity (Wildman–Crippen MR) is 76.3 cm³/mol. The van der Waals surface area contributed by atoms with Gasteiger partial charge in [0, 0.05) is 13.1 Å². The fourth-order valence-corrected chi connectivity index (χ4v) is 2.74. The van der Waals surface area contributed by atoms with Crippen LogP contribution < -0.4 is 16.2 Å². The summed E-state index contributed by atoms with van der Waals surface area (Å²) in [5, 5.41) is 11.1. The Labute approximate surface area is 117 Å². The molecule has 1 aliphatic heterocycles. The molecule has 0 amide bonds. The first-order chi connectivity index (χ1) is 9.55. The molecule has 8 nitrogen and oxygen atoms in total. The predicted octanol–water partition coefficient (Wildman–Crippen LogP) is 1.69. The average Bonchev–Trinajstić information content (AvgIpc) is 2.91. The van der Waals surface area contributed by atoms with Crippen molar-refractivity contribution in [3.8, 4) is 0 Å². The molecule has 3 N–H and O–H groups in total. The minimum atomic E-state index is -0.451. The Morgan fingerprint density at radius 1 is 1.55 bits per heavy atom. The van der Waals surface area contributed by atoms with E-state index in [9.17, 15) is 10.1 Å². The van der Waals surface area contributed by atoms with Crippen LogP contribution in [0.15, 0.2) is 6.20 Å². The van der Waals surface area contributed by atoms with Crippen molar-refractivity contribution in [1.82, 2.24) is 9.97 Å². The lowest BCUT2D eigenvalue weighted by molar-refractivity contribution is -0.384. The average molecular weight is 280 g/mol. The van der Waals surface area contributed by atoms with Gasteiger partial charge in [-0.05, 0) is 24.7 Å². The van der Waals surface area contributed by atoms with E-state index in [-0.39, 0.29) is 17.1 Å². The molecule has 1 aromatic rings. The molecule has 1 saturated heterocycles. The molecule has 2 rings (SSSR count). The molecular weight excluding hydrogens is 260 g/mol. The summed E-state index contributed by atoms with van der Waals surface area (Å²) in [6.07, 6.45) is 4.34. The molecule has 0 aromatic carbocycles. The molecule has 1 aliphatic rings. The molecular formula is C12H20N6O2. The monoisotopic (exact) mass is 280 g/mol. The second kappa shape index (κ2) is 5.58. The first-order valence-electron chi connectivity index (χ1n) is 6.78. The molecule has 0 atom stereocenters. The van der Waals surface area contributed by atoms with E-state index in [1.807, 2.05) is 4.90 Å². The molecule has 20 heavy (non-hydrogen) atoms. The summed E-state index contributed by atoms with van der Waals surface area (Å²) in [7, 11) is 0. The van der Waals surface area contributed by atoms with Crippen LogP contribution in [-0.4, -0.2) is 28.0 Å². The van der Waals surface area contributed by atoms with Crippen molar-refractivity contribution in [3.05, 3.63) is 16.3 Å². The molecule has 0 spiro atoms. The second-order valence-corrected chi connectivity index (χ2v) is 5.18. The van der Waals surface area contributed by atoms with Gasteiger partial charge in [-0.15, -0.1) is 0 Å². The van der Waals surface area contributed by atoms with Gasteiger partial charge in [0.25, 0.3) is 0 Å². The lowest BCUT2D eigenvalue weighted by atomic mass is 9.82. The van der Waals surface area contributed by atoms with Gasteiger partial charge in [-0.1, -0.05) is 13.8 Å². The molecule has 1 fully saturated rings. The summed E-state index contributed by atoms with van der Waals surface area (Å²) in [5.41, 5.74) is 2.47. The van der Waals surface area contributed by atoms with Crippen LogP contribution in [0, 0.1) is 15.5 Å². The number of aromatic nitrogens is 2. The van der Waals surface area contributed by atoms with Gasteiger partial charge in [-0.3, -0.25) is 15.5 Å². The van der Waals surface area contributed by atoms with Crippen LogP contribution in [0.5, 0.6) is 0 Å². The first kappa shape index (κ1) is 14.4. The topological polar surface area (TPSA) is 110 Å². The highest BCUT2D eigenvalue weighted by molar-refractivity contribution is 5.59. The van der Waals surface area contributed by atoms with Crippen molar-refractivity contribution >= 4 is 17.5 Å². The van der Waals surface area contributed by atoms with Crippen LogP contribution in [0.25, 0.3) is 0 Å². The number of nitrogens with one attached hydrogen (secondary N) is 1. The summed E-state index contributed by atoms with van der Waals surface area (Å²) >= 11 is 0. The Morgan fingerprint density at radius 2 is 2.25 bits per heavy atom. The highest BCUT2D eigenvalue weighted by Gasteiger charge is 2.38. The van der Waals surface area contributed by atoms with Crippen molar-refractivity contribution < 1.29 is 4.92 Å². The summed E-state index contributed by atoms with van der Waals surface area (Å²) < 4.78 is 0. The maximum absolute atomic E-state index is 11.1. The van der Waals surface area contributed by atoms with E-state index in [0.29, 0.717) is 5.82 Å². The number of anilines is 2. The summed E-state index contributed by atoms with van der Waals surface area (Å²) in [5.74, 6) is 5.83. The molecule has 1 aromatic heterocycles. The van der Waals surface area contributed by atoms with Gasteiger partial charge in [0.1, 0.15) is 6.20 Å². The van der Waals surface area contributed by atoms with Crippen LogP contribution in [0.4, 0.5) is 17.5 Å². The number of nitro groups is 1. The molecule has 0 aliphatic carbocycles. The summed E-state index contributed by atoms with van der Waals surface area (Å²) in [6, 6.07) is 0. The number of nitrogen functional groups attached to an aromatic ring is 1. The van der Waals surface area contributed by atoms with Crippen molar-refractivity contribution in [1.29, 1.82) is 0 Å². The number of nitrogens with zero attached hydrogens (tertiary/aromatic N) is 4. The number of hydrogen-bond acceptors (Lipinski definition) is 7. The molecule has 8 heteroatoms. The fourth-order valence-electron chi connectivity index (χ4n) is 2.74. The van der Waals surface area contributed by atoms with Gasteiger partial charge in [-0.25, -0.2) is 10.8 Å². The fraction of sp³-hybridized carbons (Fsp3) is 0.667. The van der Waals surface area contributed by atoms with E-state index in [1.54, 1.807) is 0 Å². The SMILES string of the molecule is CCC1(CC)CCN(c2nc(NN)ncc2[N+](=O)[O-])C1. The molecule has 110 valence electrons. The minimum Gasteiger partial charge on any atom is -0.350 e. The van der Waals surface area contributed by atoms with Gasteiger partial charge in [-0.2, -0.15) is 4.98 Å². The van der Waals surface area contributed by atoms with E-state index in [0.717, 1.165) is 32.4 Å². The molecule has 0 radical (unpaired) electrons. The van der Waals surface area contributed by atoms with Crippen molar-refractivity contribution in [2.24, 2.45) is 11.3 Å². The van der Waals surface area contributed by atoms with Gasteiger partial charge in [0.2, 0.25) is 11.8 Å². The third-order valence-electron chi connectivity index (χ3n) is 4.31. The van der Waals surface area contributed by atoms with Crippen LogP contribution in [0.2, 0.25) is 0 Å². The van der Waals surface area contributed by atoms with Gasteiger partial charge in [0.15, 0.2) is 0 Å². The van der Waals surface area contributed by atoms with Crippen LogP contribution in [0.1, 0.15) is 33.1 Å². The lowest BCUT2D eigenvalue weighted by Gasteiger charge is -2.26. The van der Waals surface area contributed by atoms with E-state index in [4.69, 9.17) is 5.84 Å². The maximum atomic E-state index is 11.1. The molecule has 0 unspecified atom stereocenters. The quantitative estimate of drug-likeness (QED) is 0.479. The minimum absolute atomic E-state index is 0.0768. The third kappa shape index (κ3) is 2.51. The van der Waals surface area contributed by atoms with Crippen LogP contribution >= 0.6 is 0 Å². The Morgan fingerprint density at radius 3 is 2.75 bits per heavy atom. The zero-order valence-corrected chi connectivity index (χ0v) is 11.8. The Kier molecular flexibility index (Phi) is 4.03. The highest BCUT2D eigenvalue weighted by Crippen LogP contribution is 2.40. The molecule has 2 heterocycles. The zero-order valence-electron chi connectivity index (χ0n) is 11.8. The first-order valence-corrected chi connectivity index (χ1v) is 6.78. The van der Waals surface area contributed by atoms with Gasteiger partial charge >= 0.3 is 5.69 Å². The van der Waals surface area contributed by atoms with E-state index in [1.165, 1.54) is 6.20 Å². The van der Waals surface area contributed by atoms with Crippen molar-refractivity contribution in [2.45, 2.75) is 33.1 Å². The number of hydrogen-bond donors (Lipinski definition) is 2. The molecule has 0 saturated carbocycles.